The molecule has 1 aromatic rings. The number of rotatable bonds is 5. The standard InChI is InChI=1S/C18H23N3O6S/c1-13-5-2-3-9-21(13)28(25,26)15-7-4-6-14(11-15)17(23)27-12-16(22)20-10-8-19-18(20)24/h4,6-7,11,13H,2-3,5,8-10,12H2,1H3,(H,19,24)/t13-/m0/s1. The number of carbonyl (C=O) groups excluding carboxylic acids is 3. The van der Waals surface area contributed by atoms with Crippen molar-refractivity contribution in [1.29, 1.82) is 0 Å². The largest absolute Gasteiger partial charge is 0.452 e. The number of esters is 1. The molecule has 0 aromatic heterocycles. The summed E-state index contributed by atoms with van der Waals surface area (Å²) in [5.41, 5.74) is 0.0319. The van der Waals surface area contributed by atoms with Gasteiger partial charge in [0.25, 0.3) is 5.91 Å². The van der Waals surface area contributed by atoms with Crippen molar-refractivity contribution in [3.8, 4) is 0 Å². The zero-order valence-electron chi connectivity index (χ0n) is 15.6. The molecular formula is C18H23N3O6S. The Morgan fingerprint density at radius 2 is 2.04 bits per heavy atom. The van der Waals surface area contributed by atoms with E-state index in [1.54, 1.807) is 0 Å². The highest BCUT2D eigenvalue weighted by atomic mass is 32.2. The maximum Gasteiger partial charge on any atom is 0.338 e. The van der Waals surface area contributed by atoms with Crippen LogP contribution in [0.15, 0.2) is 29.2 Å². The molecule has 1 N–H and O–H groups in total. The third-order valence-electron chi connectivity index (χ3n) is 4.90. The van der Waals surface area contributed by atoms with E-state index in [4.69, 9.17) is 4.74 Å². The normalized spacial score (nSPS) is 20.7. The number of benzene rings is 1. The summed E-state index contributed by atoms with van der Waals surface area (Å²) in [6, 6.07) is 4.96. The molecule has 1 aromatic carbocycles. The molecule has 28 heavy (non-hydrogen) atoms. The fourth-order valence-corrected chi connectivity index (χ4v) is 5.09. The molecule has 0 unspecified atom stereocenters. The van der Waals surface area contributed by atoms with E-state index >= 15 is 0 Å². The van der Waals surface area contributed by atoms with Crippen molar-refractivity contribution in [3.05, 3.63) is 29.8 Å². The van der Waals surface area contributed by atoms with Crippen LogP contribution < -0.4 is 5.32 Å². The highest BCUT2D eigenvalue weighted by Gasteiger charge is 2.31. The van der Waals surface area contributed by atoms with E-state index in [0.29, 0.717) is 13.1 Å². The lowest BCUT2D eigenvalue weighted by molar-refractivity contribution is -0.130. The van der Waals surface area contributed by atoms with Crippen LogP contribution >= 0.6 is 0 Å². The van der Waals surface area contributed by atoms with Gasteiger partial charge in [0.15, 0.2) is 6.61 Å². The maximum atomic E-state index is 12.9. The number of amides is 3. The summed E-state index contributed by atoms with van der Waals surface area (Å²) >= 11 is 0. The molecule has 0 bridgehead atoms. The van der Waals surface area contributed by atoms with Gasteiger partial charge in [-0.3, -0.25) is 9.69 Å². The summed E-state index contributed by atoms with van der Waals surface area (Å²) in [4.78, 5) is 36.6. The van der Waals surface area contributed by atoms with Crippen molar-refractivity contribution < 1.29 is 27.5 Å². The van der Waals surface area contributed by atoms with E-state index in [1.165, 1.54) is 28.6 Å². The molecular weight excluding hydrogens is 386 g/mol. The number of nitrogens with one attached hydrogen (secondary N) is 1. The number of carbonyl (C=O) groups is 3. The molecule has 3 amide bonds. The Morgan fingerprint density at radius 1 is 1.25 bits per heavy atom. The van der Waals surface area contributed by atoms with Crippen LogP contribution in [0, 0.1) is 0 Å². The number of hydrogen-bond donors (Lipinski definition) is 1. The Kier molecular flexibility index (Phi) is 5.99. The molecule has 0 aliphatic carbocycles. The van der Waals surface area contributed by atoms with Crippen LogP contribution in [-0.4, -0.2) is 67.8 Å². The van der Waals surface area contributed by atoms with Crippen LogP contribution in [0.5, 0.6) is 0 Å². The second kappa shape index (κ2) is 8.27. The molecule has 3 rings (SSSR count). The lowest BCUT2D eigenvalue weighted by Gasteiger charge is -2.32. The first-order valence-electron chi connectivity index (χ1n) is 9.18. The molecule has 152 valence electrons. The average Bonchev–Trinajstić information content (AvgIpc) is 3.12. The molecule has 0 saturated carbocycles. The van der Waals surface area contributed by atoms with Gasteiger partial charge < -0.3 is 10.1 Å². The van der Waals surface area contributed by atoms with Crippen molar-refractivity contribution in [1.82, 2.24) is 14.5 Å². The summed E-state index contributed by atoms with van der Waals surface area (Å²) in [6.07, 6.45) is 2.59. The van der Waals surface area contributed by atoms with E-state index in [1.807, 2.05) is 6.92 Å². The van der Waals surface area contributed by atoms with Crippen molar-refractivity contribution in [3.63, 3.8) is 0 Å². The van der Waals surface area contributed by atoms with E-state index in [2.05, 4.69) is 5.32 Å². The SMILES string of the molecule is C[C@H]1CCCCN1S(=O)(=O)c1cccc(C(=O)OCC(=O)N2CCNC2=O)c1. The van der Waals surface area contributed by atoms with Crippen LogP contribution in [0.25, 0.3) is 0 Å². The third kappa shape index (κ3) is 4.17. The zero-order valence-corrected chi connectivity index (χ0v) is 16.4. The van der Waals surface area contributed by atoms with Gasteiger partial charge in [-0.05, 0) is 38.0 Å². The number of piperidine rings is 1. The zero-order chi connectivity index (χ0) is 20.3. The predicted octanol–water partition coefficient (Wildman–Crippen LogP) is 0.958. The quantitative estimate of drug-likeness (QED) is 0.725. The Labute approximate surface area is 163 Å². The lowest BCUT2D eigenvalue weighted by Crippen LogP contribution is -2.41. The number of sulfonamides is 1. The van der Waals surface area contributed by atoms with Gasteiger partial charge in [0, 0.05) is 25.7 Å². The Morgan fingerprint density at radius 3 is 2.71 bits per heavy atom. The van der Waals surface area contributed by atoms with E-state index < -0.39 is 34.5 Å². The minimum Gasteiger partial charge on any atom is -0.452 e. The average molecular weight is 409 g/mol. The first-order chi connectivity index (χ1) is 13.3. The topological polar surface area (TPSA) is 113 Å². The number of imide groups is 1. The van der Waals surface area contributed by atoms with Gasteiger partial charge in [-0.2, -0.15) is 4.31 Å². The van der Waals surface area contributed by atoms with E-state index in [9.17, 15) is 22.8 Å². The minimum atomic E-state index is -3.72. The Hall–Kier alpha value is -2.46. The Bertz CT molecular complexity index is 885. The van der Waals surface area contributed by atoms with E-state index in [0.717, 1.165) is 24.2 Å². The molecule has 9 nitrogen and oxygen atoms in total. The first kappa shape index (κ1) is 20.3. The number of urea groups is 1. The van der Waals surface area contributed by atoms with Gasteiger partial charge in [0.05, 0.1) is 10.5 Å². The van der Waals surface area contributed by atoms with E-state index in [-0.39, 0.29) is 23.0 Å². The highest BCUT2D eigenvalue weighted by Crippen LogP contribution is 2.25. The third-order valence-corrected chi connectivity index (χ3v) is 6.91. The summed E-state index contributed by atoms with van der Waals surface area (Å²) in [7, 11) is -3.72. The fraction of sp³-hybridized carbons (Fsp3) is 0.500. The second-order valence-corrected chi connectivity index (χ2v) is 8.73. The van der Waals surface area contributed by atoms with Gasteiger partial charge in [-0.15, -0.1) is 0 Å². The molecule has 2 fully saturated rings. The summed E-state index contributed by atoms with van der Waals surface area (Å²) in [6.45, 7) is 2.30. The van der Waals surface area contributed by atoms with Crippen molar-refractivity contribution in [2.45, 2.75) is 37.1 Å². The van der Waals surface area contributed by atoms with Gasteiger partial charge >= 0.3 is 12.0 Å². The second-order valence-electron chi connectivity index (χ2n) is 6.84. The van der Waals surface area contributed by atoms with Crippen molar-refractivity contribution >= 4 is 27.9 Å². The number of hydrogen-bond acceptors (Lipinski definition) is 6. The van der Waals surface area contributed by atoms with Gasteiger partial charge in [-0.25, -0.2) is 18.0 Å². The Balaban J connectivity index is 1.69. The smallest absolute Gasteiger partial charge is 0.338 e. The molecule has 0 spiro atoms. The summed E-state index contributed by atoms with van der Waals surface area (Å²) < 4.78 is 32.3. The molecule has 1 atom stereocenters. The van der Waals surface area contributed by atoms with Crippen LogP contribution in [0.2, 0.25) is 0 Å². The van der Waals surface area contributed by atoms with Crippen LogP contribution in [-0.2, 0) is 19.6 Å². The molecule has 2 heterocycles. The monoisotopic (exact) mass is 409 g/mol. The molecule has 0 radical (unpaired) electrons. The van der Waals surface area contributed by atoms with Crippen molar-refractivity contribution in [2.24, 2.45) is 0 Å². The minimum absolute atomic E-state index is 0.0148. The lowest BCUT2D eigenvalue weighted by atomic mass is 10.1. The van der Waals surface area contributed by atoms with Gasteiger partial charge in [0.2, 0.25) is 10.0 Å². The number of nitrogens with zero attached hydrogens (tertiary/aromatic N) is 2. The number of ether oxygens (including phenoxy) is 1. The molecule has 2 saturated heterocycles. The summed E-state index contributed by atoms with van der Waals surface area (Å²) in [5.74, 6) is -1.45. The predicted molar refractivity (Wildman–Crippen MR) is 99.0 cm³/mol. The highest BCUT2D eigenvalue weighted by molar-refractivity contribution is 7.89. The fourth-order valence-electron chi connectivity index (χ4n) is 3.35. The molecule has 2 aliphatic rings. The van der Waals surface area contributed by atoms with Crippen LogP contribution in [0.4, 0.5) is 4.79 Å². The van der Waals surface area contributed by atoms with Gasteiger partial charge in [0.1, 0.15) is 0 Å². The van der Waals surface area contributed by atoms with Gasteiger partial charge in [-0.1, -0.05) is 12.5 Å². The maximum absolute atomic E-state index is 12.9. The van der Waals surface area contributed by atoms with Crippen LogP contribution in [0.1, 0.15) is 36.5 Å². The summed E-state index contributed by atoms with van der Waals surface area (Å²) in [5, 5.41) is 2.48. The van der Waals surface area contributed by atoms with Crippen molar-refractivity contribution in [2.75, 3.05) is 26.2 Å². The van der Waals surface area contributed by atoms with Crippen LogP contribution in [0.3, 0.4) is 0 Å². The molecule has 10 heteroatoms. The molecule has 2 aliphatic heterocycles. The first-order valence-corrected chi connectivity index (χ1v) is 10.6.